The molecule has 1 aliphatic carbocycles. The predicted octanol–water partition coefficient (Wildman–Crippen LogP) is 3.38. The number of carbonyl (C=O) groups excluding carboxylic acids is 3. The molecular weight excluding hydrogens is 439 g/mol. The molecule has 3 aromatic rings. The second-order valence-corrected chi connectivity index (χ2v) is 8.07. The van der Waals surface area contributed by atoms with Crippen molar-refractivity contribution in [1.29, 1.82) is 0 Å². The number of anilines is 1. The first-order chi connectivity index (χ1) is 16.5. The summed E-state index contributed by atoms with van der Waals surface area (Å²) in [5.41, 5.74) is 0.863. The van der Waals surface area contributed by atoms with Crippen LogP contribution in [0.1, 0.15) is 47.8 Å². The van der Waals surface area contributed by atoms with Crippen molar-refractivity contribution in [3.8, 4) is 0 Å². The molecule has 1 aromatic carbocycles. The van der Waals surface area contributed by atoms with Gasteiger partial charge < -0.3 is 15.1 Å². The third-order valence-corrected chi connectivity index (χ3v) is 5.75. The summed E-state index contributed by atoms with van der Waals surface area (Å²) in [5, 5.41) is 5.57. The van der Waals surface area contributed by atoms with Gasteiger partial charge in [-0.1, -0.05) is 12.8 Å². The Morgan fingerprint density at radius 1 is 1.06 bits per heavy atom. The molecule has 0 aliphatic heterocycles. The number of carbonyl (C=O) groups is 3. The topological polar surface area (TPSA) is 105 Å². The number of rotatable bonds is 8. The van der Waals surface area contributed by atoms with Crippen molar-refractivity contribution in [2.45, 2.75) is 37.8 Å². The second-order valence-electron chi connectivity index (χ2n) is 8.07. The maximum absolute atomic E-state index is 13.7. The lowest BCUT2D eigenvalue weighted by Crippen LogP contribution is -2.49. The number of hydrogen-bond acceptors (Lipinski definition) is 5. The fraction of sp³-hybridized carbons (Fsp3) is 0.280. The van der Waals surface area contributed by atoms with Crippen molar-refractivity contribution in [3.63, 3.8) is 0 Å². The molecular formula is C25H25FN4O4. The number of pyridine rings is 1. The summed E-state index contributed by atoms with van der Waals surface area (Å²) in [6, 6.07) is 10.6. The van der Waals surface area contributed by atoms with Crippen LogP contribution in [-0.2, 0) is 9.59 Å². The summed E-state index contributed by atoms with van der Waals surface area (Å²) in [6.07, 6.45) is 8.24. The zero-order valence-corrected chi connectivity index (χ0v) is 18.4. The van der Waals surface area contributed by atoms with E-state index in [1.54, 1.807) is 18.2 Å². The molecule has 4 rings (SSSR count). The highest BCUT2D eigenvalue weighted by Gasteiger charge is 2.34. The first-order valence-corrected chi connectivity index (χ1v) is 11.1. The Balaban J connectivity index is 1.65. The lowest BCUT2D eigenvalue weighted by Gasteiger charge is -2.32. The number of benzene rings is 1. The van der Waals surface area contributed by atoms with Gasteiger partial charge in [-0.2, -0.15) is 0 Å². The Bertz CT molecular complexity index is 1110. The van der Waals surface area contributed by atoms with Crippen LogP contribution in [-0.4, -0.2) is 35.3 Å². The van der Waals surface area contributed by atoms with E-state index >= 15 is 0 Å². The maximum atomic E-state index is 13.7. The number of halogens is 1. The van der Waals surface area contributed by atoms with Gasteiger partial charge in [0.25, 0.3) is 5.91 Å². The predicted molar refractivity (Wildman–Crippen MR) is 122 cm³/mol. The average molecular weight is 464 g/mol. The molecule has 0 unspecified atom stereocenters. The van der Waals surface area contributed by atoms with Crippen molar-refractivity contribution in [3.05, 3.63) is 84.3 Å². The minimum absolute atomic E-state index is 0.0284. The summed E-state index contributed by atoms with van der Waals surface area (Å²) in [6.45, 7) is -0.394. The monoisotopic (exact) mass is 464 g/mol. The van der Waals surface area contributed by atoms with Gasteiger partial charge in [0.1, 0.15) is 11.9 Å². The van der Waals surface area contributed by atoms with Crippen molar-refractivity contribution in [2.24, 2.45) is 0 Å². The molecule has 1 atom stereocenters. The van der Waals surface area contributed by atoms with Crippen LogP contribution in [0.3, 0.4) is 0 Å². The van der Waals surface area contributed by atoms with Gasteiger partial charge >= 0.3 is 0 Å². The van der Waals surface area contributed by atoms with Crippen molar-refractivity contribution >= 4 is 23.4 Å². The van der Waals surface area contributed by atoms with E-state index in [1.165, 1.54) is 53.9 Å². The number of nitrogens with zero attached hydrogens (tertiary/aromatic N) is 2. The van der Waals surface area contributed by atoms with E-state index in [0.717, 1.165) is 25.7 Å². The normalized spacial score (nSPS) is 14.4. The lowest BCUT2D eigenvalue weighted by atomic mass is 10.0. The third-order valence-electron chi connectivity index (χ3n) is 5.75. The number of amides is 3. The lowest BCUT2D eigenvalue weighted by molar-refractivity contribution is -0.126. The van der Waals surface area contributed by atoms with Crippen LogP contribution in [0, 0.1) is 5.82 Å². The van der Waals surface area contributed by atoms with Gasteiger partial charge in [-0.25, -0.2) is 4.39 Å². The molecule has 2 aromatic heterocycles. The van der Waals surface area contributed by atoms with Crippen LogP contribution in [0.15, 0.2) is 71.6 Å². The van der Waals surface area contributed by atoms with Crippen LogP contribution in [0.4, 0.5) is 10.1 Å². The molecule has 2 N–H and O–H groups in total. The molecule has 34 heavy (non-hydrogen) atoms. The van der Waals surface area contributed by atoms with Gasteiger partial charge in [-0.3, -0.25) is 24.3 Å². The fourth-order valence-corrected chi connectivity index (χ4v) is 4.09. The smallest absolute Gasteiger partial charge is 0.287 e. The van der Waals surface area contributed by atoms with Gasteiger partial charge in [0, 0.05) is 24.1 Å². The number of nitrogens with one attached hydrogen (secondary N) is 2. The zero-order valence-electron chi connectivity index (χ0n) is 18.4. The Hall–Kier alpha value is -4.01. The zero-order chi connectivity index (χ0) is 23.9. The van der Waals surface area contributed by atoms with Gasteiger partial charge in [0.2, 0.25) is 11.8 Å². The fourth-order valence-electron chi connectivity index (χ4n) is 4.09. The molecule has 2 heterocycles. The Morgan fingerprint density at radius 3 is 2.41 bits per heavy atom. The molecule has 0 saturated heterocycles. The molecule has 0 bridgehead atoms. The molecule has 9 heteroatoms. The molecule has 3 amide bonds. The SMILES string of the molecule is O=C(NCC(=O)N(c1ccc(F)cc1)[C@@H](C(=O)NC1CCCC1)c1ccncc1)c1ccco1. The molecule has 8 nitrogen and oxygen atoms in total. The van der Waals surface area contributed by atoms with Crippen LogP contribution < -0.4 is 15.5 Å². The summed E-state index contributed by atoms with van der Waals surface area (Å²) >= 11 is 0. The minimum Gasteiger partial charge on any atom is -0.459 e. The van der Waals surface area contributed by atoms with Crippen LogP contribution in [0.25, 0.3) is 0 Å². The summed E-state index contributed by atoms with van der Waals surface area (Å²) < 4.78 is 18.7. The van der Waals surface area contributed by atoms with Crippen molar-refractivity contribution < 1.29 is 23.2 Å². The van der Waals surface area contributed by atoms with Crippen molar-refractivity contribution in [1.82, 2.24) is 15.6 Å². The maximum Gasteiger partial charge on any atom is 0.287 e. The highest BCUT2D eigenvalue weighted by atomic mass is 19.1. The third kappa shape index (κ3) is 5.48. The second kappa shape index (κ2) is 10.7. The molecule has 1 aliphatic rings. The average Bonchev–Trinajstić information content (AvgIpc) is 3.57. The summed E-state index contributed by atoms with van der Waals surface area (Å²) in [5.74, 6) is -1.87. The van der Waals surface area contributed by atoms with Crippen molar-refractivity contribution in [2.75, 3.05) is 11.4 Å². The molecule has 1 saturated carbocycles. The Kier molecular flexibility index (Phi) is 7.31. The van der Waals surface area contributed by atoms with E-state index < -0.39 is 30.2 Å². The minimum atomic E-state index is -1.04. The van der Waals surface area contributed by atoms with Crippen LogP contribution in [0.2, 0.25) is 0 Å². The molecule has 0 spiro atoms. The van der Waals surface area contributed by atoms with E-state index in [1.807, 2.05) is 0 Å². The highest BCUT2D eigenvalue weighted by Crippen LogP contribution is 2.29. The highest BCUT2D eigenvalue weighted by molar-refractivity contribution is 6.04. The Morgan fingerprint density at radius 2 is 1.76 bits per heavy atom. The summed E-state index contributed by atoms with van der Waals surface area (Å²) in [4.78, 5) is 44.6. The quantitative estimate of drug-likeness (QED) is 0.532. The van der Waals surface area contributed by atoms with Gasteiger partial charge in [0.05, 0.1) is 12.8 Å². The van der Waals surface area contributed by atoms with Gasteiger partial charge in [-0.05, 0) is 66.9 Å². The first-order valence-electron chi connectivity index (χ1n) is 11.1. The standard InChI is InChI=1S/C25H25FN4O4/c26-18-7-9-20(10-8-18)30(22(31)16-28-24(32)21-6-3-15-34-21)23(17-11-13-27-14-12-17)25(33)29-19-4-1-2-5-19/h3,6-15,19,23H,1-2,4-5,16H2,(H,28,32)(H,29,33)/t23-/m1/s1. The molecule has 176 valence electrons. The van der Waals surface area contributed by atoms with E-state index in [9.17, 15) is 18.8 Å². The van der Waals surface area contributed by atoms with E-state index in [-0.39, 0.29) is 17.7 Å². The number of furan rings is 1. The van der Waals surface area contributed by atoms with E-state index in [2.05, 4.69) is 15.6 Å². The van der Waals surface area contributed by atoms with Gasteiger partial charge in [0.15, 0.2) is 5.76 Å². The molecule has 0 radical (unpaired) electrons. The van der Waals surface area contributed by atoms with Crippen LogP contribution in [0.5, 0.6) is 0 Å². The Labute approximate surface area is 196 Å². The largest absolute Gasteiger partial charge is 0.459 e. The van der Waals surface area contributed by atoms with E-state index in [4.69, 9.17) is 4.42 Å². The number of aromatic nitrogens is 1. The van der Waals surface area contributed by atoms with Crippen LogP contribution >= 0.6 is 0 Å². The number of hydrogen-bond donors (Lipinski definition) is 2. The van der Waals surface area contributed by atoms with Gasteiger partial charge in [-0.15, -0.1) is 0 Å². The first kappa shape index (κ1) is 23.2. The summed E-state index contributed by atoms with van der Waals surface area (Å²) in [7, 11) is 0. The molecule has 1 fully saturated rings. The van der Waals surface area contributed by atoms with E-state index in [0.29, 0.717) is 11.3 Å².